The van der Waals surface area contributed by atoms with Crippen LogP contribution in [0.25, 0.3) is 10.3 Å². The van der Waals surface area contributed by atoms with E-state index in [0.717, 1.165) is 47.0 Å². The van der Waals surface area contributed by atoms with Gasteiger partial charge in [0.1, 0.15) is 0 Å². The van der Waals surface area contributed by atoms with Gasteiger partial charge in [-0.2, -0.15) is 0 Å². The molecule has 1 aliphatic heterocycles. The number of pyridine rings is 1. The van der Waals surface area contributed by atoms with Gasteiger partial charge in [-0.15, -0.1) is 11.3 Å². The van der Waals surface area contributed by atoms with E-state index in [9.17, 15) is 5.11 Å². The van der Waals surface area contributed by atoms with Crippen molar-refractivity contribution in [1.29, 1.82) is 0 Å². The van der Waals surface area contributed by atoms with E-state index < -0.39 is 0 Å². The Kier molecular flexibility index (Phi) is 4.01. The first-order chi connectivity index (χ1) is 9.67. The van der Waals surface area contributed by atoms with Crippen molar-refractivity contribution in [3.8, 4) is 0 Å². The van der Waals surface area contributed by atoms with E-state index in [4.69, 9.17) is 4.98 Å². The number of aromatic nitrogens is 2. The first-order valence-electron chi connectivity index (χ1n) is 7.26. The molecule has 1 fully saturated rings. The summed E-state index contributed by atoms with van der Waals surface area (Å²) >= 11 is 1.69. The molecule has 0 amide bonds. The molecule has 1 aliphatic rings. The molecule has 2 aromatic rings. The summed E-state index contributed by atoms with van der Waals surface area (Å²) in [4.78, 5) is 11.6. The zero-order valence-corrected chi connectivity index (χ0v) is 12.9. The summed E-state index contributed by atoms with van der Waals surface area (Å²) in [7, 11) is 0. The van der Waals surface area contributed by atoms with Crippen molar-refractivity contribution in [2.24, 2.45) is 5.92 Å². The van der Waals surface area contributed by atoms with Gasteiger partial charge in [0, 0.05) is 19.2 Å². The third-order valence-corrected chi connectivity index (χ3v) is 5.09. The predicted octanol–water partition coefficient (Wildman–Crippen LogP) is 2.77. The van der Waals surface area contributed by atoms with Gasteiger partial charge in [-0.05, 0) is 51.3 Å². The number of thiazole rings is 1. The third-order valence-electron chi connectivity index (χ3n) is 4.17. The van der Waals surface area contributed by atoms with Crippen LogP contribution in [0.4, 0.5) is 0 Å². The van der Waals surface area contributed by atoms with E-state index in [1.165, 1.54) is 0 Å². The standard InChI is InChI=1S/C15H21N3OS/c1-10(18-7-3-4-12(8-18)9-19)13-5-6-14-15(17-13)16-11(2)20-14/h5-6,10,12,19H,3-4,7-9H2,1-2H3. The topological polar surface area (TPSA) is 49.2 Å². The lowest BCUT2D eigenvalue weighted by Gasteiger charge is -2.35. The van der Waals surface area contributed by atoms with Crippen LogP contribution in [-0.2, 0) is 0 Å². The molecule has 1 N–H and O–H groups in total. The minimum absolute atomic E-state index is 0.288. The van der Waals surface area contributed by atoms with Crippen molar-refractivity contribution in [3.05, 3.63) is 22.8 Å². The average Bonchev–Trinajstić information content (AvgIpc) is 2.85. The highest BCUT2D eigenvalue weighted by Crippen LogP contribution is 2.27. The molecule has 0 radical (unpaired) electrons. The molecule has 0 saturated carbocycles. The van der Waals surface area contributed by atoms with Crippen LogP contribution in [0.2, 0.25) is 0 Å². The second kappa shape index (κ2) is 5.76. The molecule has 4 nitrogen and oxygen atoms in total. The van der Waals surface area contributed by atoms with Crippen LogP contribution in [0.15, 0.2) is 12.1 Å². The Hall–Kier alpha value is -1.04. The largest absolute Gasteiger partial charge is 0.396 e. The van der Waals surface area contributed by atoms with Crippen LogP contribution in [0.3, 0.4) is 0 Å². The van der Waals surface area contributed by atoms with E-state index in [2.05, 4.69) is 28.9 Å². The fraction of sp³-hybridized carbons (Fsp3) is 0.600. The number of rotatable bonds is 3. The number of aliphatic hydroxyl groups is 1. The summed E-state index contributed by atoms with van der Waals surface area (Å²) in [6.45, 7) is 6.57. The van der Waals surface area contributed by atoms with Gasteiger partial charge in [-0.1, -0.05) is 0 Å². The lowest BCUT2D eigenvalue weighted by atomic mass is 9.97. The molecule has 0 bridgehead atoms. The first kappa shape index (κ1) is 13.9. The summed E-state index contributed by atoms with van der Waals surface area (Å²) in [6.07, 6.45) is 2.30. The molecule has 0 aromatic carbocycles. The van der Waals surface area contributed by atoms with Gasteiger partial charge < -0.3 is 5.11 Å². The highest BCUT2D eigenvalue weighted by atomic mass is 32.1. The van der Waals surface area contributed by atoms with Crippen molar-refractivity contribution < 1.29 is 5.11 Å². The Labute approximate surface area is 123 Å². The molecule has 0 spiro atoms. The van der Waals surface area contributed by atoms with Gasteiger partial charge in [0.15, 0.2) is 5.65 Å². The zero-order valence-electron chi connectivity index (χ0n) is 12.0. The van der Waals surface area contributed by atoms with E-state index in [0.29, 0.717) is 12.5 Å². The van der Waals surface area contributed by atoms with Gasteiger partial charge in [0.25, 0.3) is 0 Å². The summed E-state index contributed by atoms with van der Waals surface area (Å²) in [6, 6.07) is 4.54. The van der Waals surface area contributed by atoms with Crippen molar-refractivity contribution in [1.82, 2.24) is 14.9 Å². The number of hydrogen-bond donors (Lipinski definition) is 1. The van der Waals surface area contributed by atoms with E-state index in [1.54, 1.807) is 11.3 Å². The minimum atomic E-state index is 0.288. The molecule has 1 saturated heterocycles. The molecular weight excluding hydrogens is 270 g/mol. The molecule has 3 heterocycles. The van der Waals surface area contributed by atoms with Crippen LogP contribution < -0.4 is 0 Å². The summed E-state index contributed by atoms with van der Waals surface area (Å²) in [5, 5.41) is 10.4. The van der Waals surface area contributed by atoms with E-state index >= 15 is 0 Å². The van der Waals surface area contributed by atoms with Gasteiger partial charge in [-0.3, -0.25) is 4.90 Å². The van der Waals surface area contributed by atoms with Crippen LogP contribution in [-0.4, -0.2) is 39.7 Å². The Bertz CT molecular complexity index is 598. The molecule has 2 unspecified atom stereocenters. The number of hydrogen-bond acceptors (Lipinski definition) is 5. The molecule has 0 aliphatic carbocycles. The van der Waals surface area contributed by atoms with Crippen molar-refractivity contribution in [3.63, 3.8) is 0 Å². The summed E-state index contributed by atoms with van der Waals surface area (Å²) < 4.78 is 1.16. The minimum Gasteiger partial charge on any atom is -0.396 e. The SMILES string of the molecule is Cc1nc2nc(C(C)N3CCCC(CO)C3)ccc2s1. The van der Waals surface area contributed by atoms with Crippen molar-refractivity contribution >= 4 is 21.7 Å². The van der Waals surface area contributed by atoms with Crippen molar-refractivity contribution in [2.75, 3.05) is 19.7 Å². The molecule has 2 atom stereocenters. The monoisotopic (exact) mass is 291 g/mol. The van der Waals surface area contributed by atoms with Gasteiger partial charge in [0.2, 0.25) is 0 Å². The smallest absolute Gasteiger partial charge is 0.170 e. The van der Waals surface area contributed by atoms with Crippen LogP contribution in [0.1, 0.15) is 36.5 Å². The number of likely N-dealkylation sites (tertiary alicyclic amines) is 1. The van der Waals surface area contributed by atoms with Crippen LogP contribution in [0.5, 0.6) is 0 Å². The quantitative estimate of drug-likeness (QED) is 0.944. The molecule has 2 aromatic heterocycles. The second-order valence-corrected chi connectivity index (χ2v) is 6.89. The number of nitrogens with zero attached hydrogens (tertiary/aromatic N) is 3. The van der Waals surface area contributed by atoms with Crippen LogP contribution >= 0.6 is 11.3 Å². The van der Waals surface area contributed by atoms with Gasteiger partial charge in [0.05, 0.1) is 15.4 Å². The van der Waals surface area contributed by atoms with Crippen LogP contribution in [0, 0.1) is 12.8 Å². The third kappa shape index (κ3) is 2.71. The number of piperidine rings is 1. The second-order valence-electron chi connectivity index (χ2n) is 5.65. The summed E-state index contributed by atoms with van der Waals surface area (Å²) in [5.74, 6) is 0.413. The van der Waals surface area contributed by atoms with Gasteiger partial charge >= 0.3 is 0 Å². The van der Waals surface area contributed by atoms with Crippen molar-refractivity contribution in [2.45, 2.75) is 32.7 Å². The molecular formula is C15H21N3OS. The van der Waals surface area contributed by atoms with E-state index in [-0.39, 0.29) is 6.04 Å². The number of aryl methyl sites for hydroxylation is 1. The average molecular weight is 291 g/mol. The maximum Gasteiger partial charge on any atom is 0.170 e. The maximum atomic E-state index is 9.35. The molecule has 108 valence electrons. The lowest BCUT2D eigenvalue weighted by Crippen LogP contribution is -2.38. The Balaban J connectivity index is 1.82. The molecule has 3 rings (SSSR count). The number of fused-ring (bicyclic) bond motifs is 1. The lowest BCUT2D eigenvalue weighted by molar-refractivity contribution is 0.0923. The summed E-state index contributed by atoms with van der Waals surface area (Å²) in [5.41, 5.74) is 1.95. The normalized spacial score (nSPS) is 22.2. The highest BCUT2D eigenvalue weighted by molar-refractivity contribution is 7.18. The predicted molar refractivity (Wildman–Crippen MR) is 81.9 cm³/mol. The van der Waals surface area contributed by atoms with Gasteiger partial charge in [-0.25, -0.2) is 9.97 Å². The highest BCUT2D eigenvalue weighted by Gasteiger charge is 2.24. The Morgan fingerprint density at radius 2 is 2.30 bits per heavy atom. The number of aliphatic hydroxyl groups excluding tert-OH is 1. The molecule has 20 heavy (non-hydrogen) atoms. The zero-order chi connectivity index (χ0) is 14.1. The fourth-order valence-electron chi connectivity index (χ4n) is 2.96. The maximum absolute atomic E-state index is 9.35. The first-order valence-corrected chi connectivity index (χ1v) is 8.08. The Morgan fingerprint density at radius 3 is 3.10 bits per heavy atom. The Morgan fingerprint density at radius 1 is 1.45 bits per heavy atom. The van der Waals surface area contributed by atoms with E-state index in [1.807, 2.05) is 6.92 Å². The molecule has 5 heteroatoms. The fourth-order valence-corrected chi connectivity index (χ4v) is 3.73.